The Bertz CT molecular complexity index is 1200. The monoisotopic (exact) mass is 527 g/mol. The zero-order valence-electron chi connectivity index (χ0n) is 21.7. The lowest BCUT2D eigenvalue weighted by molar-refractivity contribution is -0.122. The third-order valence-electron chi connectivity index (χ3n) is 8.17. The maximum absolute atomic E-state index is 14.0. The van der Waals surface area contributed by atoms with Crippen LogP contribution in [0.3, 0.4) is 0 Å². The van der Waals surface area contributed by atoms with Gasteiger partial charge in [-0.15, -0.1) is 0 Å². The molecule has 1 spiro atoms. The molecule has 0 aromatic carbocycles. The molecule has 10 heteroatoms. The van der Waals surface area contributed by atoms with Crippen LogP contribution in [0.2, 0.25) is 23.3 Å². The molecule has 0 radical (unpaired) electrons. The Morgan fingerprint density at radius 2 is 1.86 bits per heavy atom. The number of halogens is 1. The van der Waals surface area contributed by atoms with Gasteiger partial charge in [0.25, 0.3) is 0 Å². The Kier molecular flexibility index (Phi) is 6.55. The molecule has 0 unspecified atom stereocenters. The first-order valence-corrected chi connectivity index (χ1v) is 16.0. The van der Waals surface area contributed by atoms with Crippen molar-refractivity contribution in [3.05, 3.63) is 40.8 Å². The van der Waals surface area contributed by atoms with Crippen LogP contribution in [-0.4, -0.2) is 47.4 Å². The van der Waals surface area contributed by atoms with Crippen molar-refractivity contribution in [2.24, 2.45) is 0 Å². The summed E-state index contributed by atoms with van der Waals surface area (Å²) in [6.45, 7) is 12.4. The van der Waals surface area contributed by atoms with Crippen LogP contribution < -0.4 is 4.90 Å². The third kappa shape index (κ3) is 4.29. The van der Waals surface area contributed by atoms with E-state index in [0.717, 1.165) is 43.2 Å². The van der Waals surface area contributed by atoms with E-state index in [1.165, 1.54) is 0 Å². The summed E-state index contributed by atoms with van der Waals surface area (Å²) < 4.78 is 11.8. The van der Waals surface area contributed by atoms with Crippen molar-refractivity contribution in [2.45, 2.75) is 83.0 Å². The molecule has 2 aliphatic heterocycles. The van der Waals surface area contributed by atoms with Crippen LogP contribution in [0.1, 0.15) is 70.1 Å². The minimum atomic E-state index is -2.02. The molecule has 3 aliphatic rings. The van der Waals surface area contributed by atoms with Gasteiger partial charge >= 0.3 is 0 Å². The van der Waals surface area contributed by atoms with Gasteiger partial charge in [-0.25, -0.2) is 19.9 Å². The van der Waals surface area contributed by atoms with Crippen LogP contribution in [0, 0.1) is 0 Å². The van der Waals surface area contributed by atoms with Gasteiger partial charge in [-0.3, -0.25) is 9.69 Å². The molecule has 1 aliphatic carbocycles. The second-order valence-electron chi connectivity index (χ2n) is 11.4. The van der Waals surface area contributed by atoms with E-state index in [0.29, 0.717) is 41.5 Å². The Balaban J connectivity index is 1.52. The number of hydrogen-bond donors (Lipinski definition) is 0. The van der Waals surface area contributed by atoms with E-state index in [1.807, 2.05) is 6.08 Å². The summed E-state index contributed by atoms with van der Waals surface area (Å²) in [6, 6.07) is 0. The second kappa shape index (κ2) is 9.27. The Morgan fingerprint density at radius 1 is 1.17 bits per heavy atom. The number of carbonyl (C=O) groups excluding carboxylic acids is 1. The van der Waals surface area contributed by atoms with E-state index >= 15 is 0 Å². The summed E-state index contributed by atoms with van der Waals surface area (Å²) in [5, 5.41) is 0.402. The molecule has 0 N–H and O–H groups in total. The van der Waals surface area contributed by atoms with Gasteiger partial charge in [-0.1, -0.05) is 51.3 Å². The molecular formula is C26H34ClN5O3Si. The number of aromatic nitrogens is 4. The second-order valence-corrected chi connectivity index (χ2v) is 16.6. The van der Waals surface area contributed by atoms with Crippen molar-refractivity contribution >= 4 is 42.9 Å². The molecule has 0 saturated heterocycles. The number of anilines is 2. The predicted molar refractivity (Wildman–Crippen MR) is 142 cm³/mol. The number of fused-ring (bicyclic) bond motifs is 2. The fraction of sp³-hybridized carbons (Fsp3) is 0.577. The summed E-state index contributed by atoms with van der Waals surface area (Å²) in [5.41, 5.74) is 1.70. The van der Waals surface area contributed by atoms with Gasteiger partial charge in [-0.2, -0.15) is 0 Å². The van der Waals surface area contributed by atoms with Crippen LogP contribution in [0.25, 0.3) is 5.57 Å². The first-order chi connectivity index (χ1) is 17.0. The van der Waals surface area contributed by atoms with E-state index in [4.69, 9.17) is 25.7 Å². The van der Waals surface area contributed by atoms with Crippen molar-refractivity contribution < 1.29 is 14.0 Å². The highest BCUT2D eigenvalue weighted by Crippen LogP contribution is 2.54. The lowest BCUT2D eigenvalue weighted by atomic mass is 9.81. The first kappa shape index (κ1) is 25.4. The topological polar surface area (TPSA) is 90.3 Å². The maximum atomic E-state index is 14.0. The third-order valence-corrected chi connectivity index (χ3v) is 12.9. The molecule has 4 heterocycles. The Labute approximate surface area is 218 Å². The molecule has 0 bridgehead atoms. The van der Waals surface area contributed by atoms with Crippen molar-refractivity contribution in [3.63, 3.8) is 0 Å². The molecule has 0 atom stereocenters. The average Bonchev–Trinajstić information content (AvgIpc) is 3.42. The zero-order valence-corrected chi connectivity index (χ0v) is 23.5. The summed E-state index contributed by atoms with van der Waals surface area (Å²) in [5.74, 6) is 1.67. The van der Waals surface area contributed by atoms with Crippen LogP contribution in [0.15, 0.2) is 18.5 Å². The van der Waals surface area contributed by atoms with E-state index in [9.17, 15) is 4.79 Å². The summed E-state index contributed by atoms with van der Waals surface area (Å²) in [7, 11) is -2.02. The Hall–Kier alpha value is -2.20. The molecular weight excluding hydrogens is 494 g/mol. The molecule has 8 nitrogen and oxygen atoms in total. The molecule has 192 valence electrons. The zero-order chi connectivity index (χ0) is 25.7. The van der Waals surface area contributed by atoms with E-state index < -0.39 is 13.7 Å². The van der Waals surface area contributed by atoms with Crippen LogP contribution in [0.4, 0.5) is 11.5 Å². The maximum Gasteiger partial charge on any atom is 0.243 e. The first-order valence-electron chi connectivity index (χ1n) is 12.7. The lowest BCUT2D eigenvalue weighted by Gasteiger charge is -2.35. The predicted octanol–water partition coefficient (Wildman–Crippen LogP) is 5.74. The molecule has 1 amide bonds. The highest BCUT2D eigenvalue weighted by Gasteiger charge is 2.55. The highest BCUT2D eigenvalue weighted by atomic mass is 35.5. The van der Waals surface area contributed by atoms with Gasteiger partial charge in [-0.05, 0) is 43.0 Å². The van der Waals surface area contributed by atoms with Gasteiger partial charge in [0.05, 0.1) is 43.3 Å². The van der Waals surface area contributed by atoms with Crippen LogP contribution in [-0.2, 0) is 26.0 Å². The molecule has 2 aromatic heterocycles. The SMILES string of the molecule is CC(C)(C)[Si](C)(C)OCc1nc(Cl)c2c(n1)N(c1cnc(C3=CCOCC3)nc1)C(=O)C21CCCC1. The van der Waals surface area contributed by atoms with Crippen molar-refractivity contribution in [3.8, 4) is 0 Å². The van der Waals surface area contributed by atoms with E-state index in [-0.39, 0.29) is 17.6 Å². The number of ether oxygens (including phenoxy) is 1. The minimum absolute atomic E-state index is 0.0182. The lowest BCUT2D eigenvalue weighted by Crippen LogP contribution is -2.40. The average molecular weight is 528 g/mol. The molecule has 5 rings (SSSR count). The minimum Gasteiger partial charge on any atom is -0.409 e. The van der Waals surface area contributed by atoms with Gasteiger partial charge in [0.15, 0.2) is 20.0 Å². The Morgan fingerprint density at radius 3 is 2.47 bits per heavy atom. The van der Waals surface area contributed by atoms with Crippen molar-refractivity contribution in [2.75, 3.05) is 18.1 Å². The van der Waals surface area contributed by atoms with E-state index in [1.54, 1.807) is 17.3 Å². The fourth-order valence-electron chi connectivity index (χ4n) is 5.00. The van der Waals surface area contributed by atoms with Crippen LogP contribution >= 0.6 is 11.6 Å². The molecule has 36 heavy (non-hydrogen) atoms. The van der Waals surface area contributed by atoms with Crippen molar-refractivity contribution in [1.29, 1.82) is 0 Å². The highest BCUT2D eigenvalue weighted by molar-refractivity contribution is 6.74. The quantitative estimate of drug-likeness (QED) is 0.362. The number of rotatable bonds is 5. The van der Waals surface area contributed by atoms with E-state index in [2.05, 4.69) is 48.8 Å². The molecule has 1 fully saturated rings. The number of nitrogens with zero attached hydrogens (tertiary/aromatic N) is 5. The molecule has 2 aromatic rings. The summed E-state index contributed by atoms with van der Waals surface area (Å²) in [6.07, 6.45) is 9.60. The van der Waals surface area contributed by atoms with Crippen LogP contribution in [0.5, 0.6) is 0 Å². The number of amides is 1. The van der Waals surface area contributed by atoms with Gasteiger partial charge in [0, 0.05) is 5.56 Å². The van der Waals surface area contributed by atoms with Gasteiger partial charge < -0.3 is 9.16 Å². The smallest absolute Gasteiger partial charge is 0.243 e. The standard InChI is InChI=1S/C26H34ClN5O3Si/c1-25(2,3)36(4,5)35-16-19-30-21(27)20-23(31-19)32(24(33)26(20)10-6-7-11-26)18-14-28-22(29-15-18)17-8-12-34-13-9-17/h8,14-15H,6-7,9-13,16H2,1-5H3. The normalized spacial score (nSPS) is 19.7. The summed E-state index contributed by atoms with van der Waals surface area (Å²) >= 11 is 6.80. The largest absolute Gasteiger partial charge is 0.409 e. The number of hydrogen-bond acceptors (Lipinski definition) is 7. The number of carbonyl (C=O) groups is 1. The molecule has 1 saturated carbocycles. The van der Waals surface area contributed by atoms with Crippen molar-refractivity contribution in [1.82, 2.24) is 19.9 Å². The fourth-order valence-corrected chi connectivity index (χ4v) is 6.28. The van der Waals surface area contributed by atoms with Gasteiger partial charge in [0.2, 0.25) is 5.91 Å². The van der Waals surface area contributed by atoms with Gasteiger partial charge in [0.1, 0.15) is 11.0 Å². The summed E-state index contributed by atoms with van der Waals surface area (Å²) in [4.78, 5) is 34.3.